The third-order valence-electron chi connectivity index (χ3n) is 5.28. The summed E-state index contributed by atoms with van der Waals surface area (Å²) in [7, 11) is 5.07. The van der Waals surface area contributed by atoms with Crippen molar-refractivity contribution in [1.29, 1.82) is 0 Å². The molecule has 1 atom stereocenters. The maximum atomic E-state index is 12.9. The number of hydrogen-bond donors (Lipinski definition) is 1. The van der Waals surface area contributed by atoms with Gasteiger partial charge in [-0.15, -0.1) is 0 Å². The average molecular weight is 438 g/mol. The molecule has 1 aromatic heterocycles. The lowest BCUT2D eigenvalue weighted by atomic mass is 10.0. The lowest BCUT2D eigenvalue weighted by Gasteiger charge is -2.21. The van der Waals surface area contributed by atoms with Crippen LogP contribution in [0, 0.1) is 6.92 Å². The fourth-order valence-electron chi connectivity index (χ4n) is 3.54. The number of methoxy groups -OCH3 is 2. The number of aromatic nitrogens is 2. The van der Waals surface area contributed by atoms with E-state index in [2.05, 4.69) is 30.2 Å². The van der Waals surface area contributed by atoms with Crippen LogP contribution in [0.4, 0.5) is 0 Å². The summed E-state index contributed by atoms with van der Waals surface area (Å²) in [6, 6.07) is 11.1. The minimum absolute atomic E-state index is 0.106. The maximum absolute atomic E-state index is 12.9. The number of aryl methyl sites for hydroxylation is 2. The molecule has 32 heavy (non-hydrogen) atoms. The lowest BCUT2D eigenvalue weighted by molar-refractivity contribution is -0.123. The minimum atomic E-state index is -0.503. The normalized spacial score (nSPS) is 11.8. The quantitative estimate of drug-likeness (QED) is 0.544. The Morgan fingerprint density at radius 2 is 1.78 bits per heavy atom. The molecule has 0 aliphatic rings. The third-order valence-corrected chi connectivity index (χ3v) is 5.28. The summed E-state index contributed by atoms with van der Waals surface area (Å²) in [5, 5.41) is 3.05. The first-order chi connectivity index (χ1) is 15.3. The molecule has 3 rings (SSSR count). The van der Waals surface area contributed by atoms with E-state index in [1.165, 1.54) is 0 Å². The molecule has 0 aliphatic heterocycles. The largest absolute Gasteiger partial charge is 0.497 e. The second-order valence-electron chi connectivity index (χ2n) is 8.03. The molecule has 0 aliphatic carbocycles. The maximum Gasteiger partial charge on any atom is 0.258 e. The molecular formula is C25H31N3O4. The van der Waals surface area contributed by atoms with Gasteiger partial charge in [-0.25, -0.2) is 4.98 Å². The van der Waals surface area contributed by atoms with Gasteiger partial charge in [-0.3, -0.25) is 4.79 Å². The van der Waals surface area contributed by atoms with Crippen LogP contribution >= 0.6 is 0 Å². The Bertz CT molecular complexity index is 1050. The van der Waals surface area contributed by atoms with Crippen molar-refractivity contribution in [3.05, 3.63) is 71.3 Å². The van der Waals surface area contributed by atoms with E-state index < -0.39 is 6.04 Å². The second kappa shape index (κ2) is 10.2. The van der Waals surface area contributed by atoms with E-state index in [1.807, 2.05) is 49.0 Å². The first-order valence-electron chi connectivity index (χ1n) is 10.5. The highest BCUT2D eigenvalue weighted by Gasteiger charge is 2.23. The van der Waals surface area contributed by atoms with Gasteiger partial charge in [0.25, 0.3) is 5.91 Å². The van der Waals surface area contributed by atoms with E-state index in [-0.39, 0.29) is 12.5 Å². The van der Waals surface area contributed by atoms with Gasteiger partial charge >= 0.3 is 0 Å². The summed E-state index contributed by atoms with van der Waals surface area (Å²) < 4.78 is 18.6. The molecule has 2 aromatic carbocycles. The Balaban J connectivity index is 1.85. The first-order valence-corrected chi connectivity index (χ1v) is 10.5. The van der Waals surface area contributed by atoms with E-state index in [4.69, 9.17) is 14.2 Å². The zero-order valence-electron chi connectivity index (χ0n) is 19.5. The van der Waals surface area contributed by atoms with Crippen molar-refractivity contribution in [3.8, 4) is 17.2 Å². The second-order valence-corrected chi connectivity index (χ2v) is 8.03. The molecule has 1 heterocycles. The van der Waals surface area contributed by atoms with Gasteiger partial charge in [-0.05, 0) is 47.7 Å². The molecule has 7 nitrogen and oxygen atoms in total. The number of carbonyl (C=O) groups excluding carboxylic acids is 1. The van der Waals surface area contributed by atoms with E-state index in [9.17, 15) is 4.79 Å². The number of ether oxygens (including phenoxy) is 3. The summed E-state index contributed by atoms with van der Waals surface area (Å²) in [4.78, 5) is 17.4. The summed E-state index contributed by atoms with van der Waals surface area (Å²) in [5.74, 6) is 2.71. The molecule has 0 bridgehead atoms. The number of amides is 1. The Kier molecular flexibility index (Phi) is 7.41. The van der Waals surface area contributed by atoms with Crippen LogP contribution in [-0.4, -0.2) is 36.3 Å². The summed E-state index contributed by atoms with van der Waals surface area (Å²) >= 11 is 0. The SMILES string of the molecule is COc1cc(OC)cc(C(NC(=O)COc2cc(C)ccc2C(C)C)c2nccn2C)c1. The van der Waals surface area contributed by atoms with Crippen molar-refractivity contribution in [1.82, 2.24) is 14.9 Å². The number of nitrogens with one attached hydrogen (secondary N) is 1. The van der Waals surface area contributed by atoms with Crippen LogP contribution in [0.5, 0.6) is 17.2 Å². The fraction of sp³-hybridized carbons (Fsp3) is 0.360. The first kappa shape index (κ1) is 23.2. The summed E-state index contributed by atoms with van der Waals surface area (Å²) in [6.45, 7) is 6.10. The predicted octanol–water partition coefficient (Wildman–Crippen LogP) is 4.15. The Morgan fingerprint density at radius 3 is 2.34 bits per heavy atom. The molecule has 3 aromatic rings. The van der Waals surface area contributed by atoms with Gasteiger partial charge in [0.2, 0.25) is 0 Å². The van der Waals surface area contributed by atoms with Gasteiger partial charge in [-0.1, -0.05) is 26.0 Å². The molecule has 0 spiro atoms. The molecule has 0 saturated heterocycles. The molecule has 7 heteroatoms. The highest BCUT2D eigenvalue weighted by molar-refractivity contribution is 5.78. The van der Waals surface area contributed by atoms with Crippen LogP contribution in [0.1, 0.15) is 48.3 Å². The molecule has 170 valence electrons. The zero-order chi connectivity index (χ0) is 23.3. The number of nitrogens with zero attached hydrogens (tertiary/aromatic N) is 2. The summed E-state index contributed by atoms with van der Waals surface area (Å²) in [5.41, 5.74) is 2.95. The third kappa shape index (κ3) is 5.41. The van der Waals surface area contributed by atoms with Gasteiger partial charge in [-0.2, -0.15) is 0 Å². The van der Waals surface area contributed by atoms with Crippen LogP contribution < -0.4 is 19.5 Å². The number of rotatable bonds is 9. The standard InChI is InChI=1S/C25H31N3O4/c1-16(2)21-8-7-17(3)11-22(21)32-15-23(29)27-24(25-26-9-10-28(25)4)18-12-19(30-5)14-20(13-18)31-6/h7-14,16,24H,15H2,1-6H3,(H,27,29). The minimum Gasteiger partial charge on any atom is -0.497 e. The van der Waals surface area contributed by atoms with Gasteiger partial charge in [0.05, 0.1) is 14.2 Å². The molecular weight excluding hydrogens is 406 g/mol. The molecule has 0 saturated carbocycles. The van der Waals surface area contributed by atoms with E-state index >= 15 is 0 Å². The highest BCUT2D eigenvalue weighted by Crippen LogP contribution is 2.30. The van der Waals surface area contributed by atoms with E-state index in [0.29, 0.717) is 23.2 Å². The lowest BCUT2D eigenvalue weighted by Crippen LogP contribution is -2.34. The van der Waals surface area contributed by atoms with Crippen LogP contribution in [0.25, 0.3) is 0 Å². The summed E-state index contributed by atoms with van der Waals surface area (Å²) in [6.07, 6.45) is 3.54. The van der Waals surface area contributed by atoms with E-state index in [0.717, 1.165) is 22.4 Å². The van der Waals surface area contributed by atoms with Crippen molar-refractivity contribution in [3.63, 3.8) is 0 Å². The van der Waals surface area contributed by atoms with Gasteiger partial charge in [0.15, 0.2) is 6.61 Å². The topological polar surface area (TPSA) is 74.6 Å². The van der Waals surface area contributed by atoms with Gasteiger partial charge in [0.1, 0.15) is 29.1 Å². The smallest absolute Gasteiger partial charge is 0.258 e. The molecule has 1 N–H and O–H groups in total. The van der Waals surface area contributed by atoms with Crippen LogP contribution in [0.3, 0.4) is 0 Å². The van der Waals surface area contributed by atoms with Crippen LogP contribution in [-0.2, 0) is 11.8 Å². The highest BCUT2D eigenvalue weighted by atomic mass is 16.5. The van der Waals surface area contributed by atoms with Crippen molar-refractivity contribution in [2.45, 2.75) is 32.7 Å². The number of benzene rings is 2. The van der Waals surface area contributed by atoms with Crippen molar-refractivity contribution < 1.29 is 19.0 Å². The van der Waals surface area contributed by atoms with Crippen LogP contribution in [0.2, 0.25) is 0 Å². The van der Waals surface area contributed by atoms with Crippen LogP contribution in [0.15, 0.2) is 48.8 Å². The van der Waals surface area contributed by atoms with Crippen molar-refractivity contribution in [2.24, 2.45) is 7.05 Å². The Morgan fingerprint density at radius 1 is 1.09 bits per heavy atom. The van der Waals surface area contributed by atoms with Gasteiger partial charge in [0, 0.05) is 25.5 Å². The van der Waals surface area contributed by atoms with Gasteiger partial charge < -0.3 is 24.1 Å². The fourth-order valence-corrected chi connectivity index (χ4v) is 3.54. The molecule has 0 fully saturated rings. The zero-order valence-corrected chi connectivity index (χ0v) is 19.5. The number of imidazole rings is 1. The van der Waals surface area contributed by atoms with Crippen molar-refractivity contribution in [2.75, 3.05) is 20.8 Å². The number of hydrogen-bond acceptors (Lipinski definition) is 5. The molecule has 1 amide bonds. The monoisotopic (exact) mass is 437 g/mol. The molecule has 1 unspecified atom stereocenters. The Hall–Kier alpha value is -3.48. The molecule has 0 radical (unpaired) electrons. The predicted molar refractivity (Wildman–Crippen MR) is 124 cm³/mol. The van der Waals surface area contributed by atoms with E-state index in [1.54, 1.807) is 26.5 Å². The van der Waals surface area contributed by atoms with Crippen molar-refractivity contribution >= 4 is 5.91 Å². The Labute approximate surface area is 189 Å². The number of carbonyl (C=O) groups is 1. The average Bonchev–Trinajstić information content (AvgIpc) is 3.20.